The first kappa shape index (κ1) is 19.8. The summed E-state index contributed by atoms with van der Waals surface area (Å²) in [6.07, 6.45) is -4.01. The van der Waals surface area contributed by atoms with E-state index in [1.54, 1.807) is 13.0 Å². The molecule has 1 aromatic rings. The molecule has 0 aliphatic carbocycles. The maximum atomic E-state index is 12.1. The summed E-state index contributed by atoms with van der Waals surface area (Å²) in [5.41, 5.74) is 0.431. The smallest absolute Gasteiger partial charge is 0.422 e. The molecule has 0 radical (unpaired) electrons. The number of hydrogen-bond acceptors (Lipinski definition) is 3. The molecule has 2 atom stereocenters. The molecule has 0 spiro atoms. The molecule has 5 nitrogen and oxygen atoms in total. The Bertz CT molecular complexity index is 575. The van der Waals surface area contributed by atoms with Crippen molar-refractivity contribution in [1.29, 1.82) is 0 Å². The lowest BCUT2D eigenvalue weighted by molar-refractivity contribution is -0.153. The molecule has 0 bridgehead atoms. The van der Waals surface area contributed by atoms with Gasteiger partial charge in [0.1, 0.15) is 11.8 Å². The van der Waals surface area contributed by atoms with Gasteiger partial charge in [0, 0.05) is 0 Å². The van der Waals surface area contributed by atoms with Gasteiger partial charge in [0.15, 0.2) is 6.61 Å². The standard InChI is InChI=1S/C16H20F3NO4/c1-3-10(2)14(15(22)23)20-13(21)8-11-5-4-6-12(7-11)24-9-16(17,18)19/h4-7,10,14H,3,8-9H2,1-2H3,(H,20,21)(H,22,23)/t10-,14-/m0/s1. The lowest BCUT2D eigenvalue weighted by Gasteiger charge is -2.20. The van der Waals surface area contributed by atoms with Gasteiger partial charge in [-0.05, 0) is 23.6 Å². The number of halogens is 3. The van der Waals surface area contributed by atoms with E-state index in [0.29, 0.717) is 12.0 Å². The quantitative estimate of drug-likeness (QED) is 0.758. The van der Waals surface area contributed by atoms with E-state index >= 15 is 0 Å². The molecule has 0 heterocycles. The van der Waals surface area contributed by atoms with E-state index in [4.69, 9.17) is 5.11 Å². The van der Waals surface area contributed by atoms with Gasteiger partial charge in [-0.1, -0.05) is 32.4 Å². The number of aliphatic carboxylic acids is 1. The van der Waals surface area contributed by atoms with Crippen molar-refractivity contribution in [3.63, 3.8) is 0 Å². The summed E-state index contributed by atoms with van der Waals surface area (Å²) < 4.78 is 41.0. The van der Waals surface area contributed by atoms with Gasteiger partial charge < -0.3 is 15.2 Å². The molecule has 0 aliphatic rings. The topological polar surface area (TPSA) is 75.6 Å². The Kier molecular flexibility index (Phi) is 7.06. The van der Waals surface area contributed by atoms with Crippen LogP contribution in [0.5, 0.6) is 5.75 Å². The molecule has 134 valence electrons. The Morgan fingerprint density at radius 2 is 2.00 bits per heavy atom. The third-order valence-corrected chi connectivity index (χ3v) is 3.46. The first-order valence-corrected chi connectivity index (χ1v) is 7.43. The lowest BCUT2D eigenvalue weighted by atomic mass is 9.99. The van der Waals surface area contributed by atoms with E-state index in [9.17, 15) is 22.8 Å². The summed E-state index contributed by atoms with van der Waals surface area (Å²) >= 11 is 0. The van der Waals surface area contributed by atoms with Gasteiger partial charge in [-0.3, -0.25) is 4.79 Å². The molecular formula is C16H20F3NO4. The summed E-state index contributed by atoms with van der Waals surface area (Å²) in [6.45, 7) is 2.11. The van der Waals surface area contributed by atoms with Crippen molar-refractivity contribution in [3.8, 4) is 5.75 Å². The predicted octanol–water partition coefficient (Wildman–Crippen LogP) is 2.79. The zero-order chi connectivity index (χ0) is 18.3. The second-order valence-electron chi connectivity index (χ2n) is 5.50. The molecule has 2 N–H and O–H groups in total. The van der Waals surface area contributed by atoms with Crippen molar-refractivity contribution in [3.05, 3.63) is 29.8 Å². The van der Waals surface area contributed by atoms with Gasteiger partial charge in [0.25, 0.3) is 0 Å². The Balaban J connectivity index is 2.68. The number of ether oxygens (including phenoxy) is 1. The molecule has 0 aromatic heterocycles. The number of carbonyl (C=O) groups excluding carboxylic acids is 1. The summed E-state index contributed by atoms with van der Waals surface area (Å²) in [5, 5.41) is 11.6. The molecule has 0 saturated heterocycles. The monoisotopic (exact) mass is 347 g/mol. The maximum Gasteiger partial charge on any atom is 0.422 e. The number of alkyl halides is 3. The minimum absolute atomic E-state index is 0.00524. The molecule has 24 heavy (non-hydrogen) atoms. The number of carboxylic acid groups (broad SMARTS) is 1. The Morgan fingerprint density at radius 3 is 2.54 bits per heavy atom. The fraction of sp³-hybridized carbons (Fsp3) is 0.500. The highest BCUT2D eigenvalue weighted by Gasteiger charge is 2.28. The number of amides is 1. The van der Waals surface area contributed by atoms with E-state index in [-0.39, 0.29) is 18.1 Å². The van der Waals surface area contributed by atoms with E-state index in [1.165, 1.54) is 18.2 Å². The van der Waals surface area contributed by atoms with Crippen molar-refractivity contribution in [2.24, 2.45) is 5.92 Å². The summed E-state index contributed by atoms with van der Waals surface area (Å²) in [4.78, 5) is 23.2. The normalized spacial score (nSPS) is 13.9. The summed E-state index contributed by atoms with van der Waals surface area (Å²) in [5.74, 6) is -1.89. The fourth-order valence-corrected chi connectivity index (χ4v) is 2.00. The lowest BCUT2D eigenvalue weighted by Crippen LogP contribution is -2.45. The molecule has 0 unspecified atom stereocenters. The average Bonchev–Trinajstić information content (AvgIpc) is 2.49. The van der Waals surface area contributed by atoms with Crippen molar-refractivity contribution >= 4 is 11.9 Å². The number of benzene rings is 1. The van der Waals surface area contributed by atoms with Crippen LogP contribution in [0, 0.1) is 5.92 Å². The second kappa shape index (κ2) is 8.56. The largest absolute Gasteiger partial charge is 0.484 e. The minimum Gasteiger partial charge on any atom is -0.484 e. The third-order valence-electron chi connectivity index (χ3n) is 3.46. The van der Waals surface area contributed by atoms with E-state index in [1.807, 2.05) is 6.92 Å². The average molecular weight is 347 g/mol. The van der Waals surface area contributed by atoms with Gasteiger partial charge in [0.05, 0.1) is 6.42 Å². The number of carboxylic acids is 1. The number of nitrogens with one attached hydrogen (secondary N) is 1. The molecule has 0 saturated carbocycles. The molecule has 0 fully saturated rings. The Morgan fingerprint density at radius 1 is 1.33 bits per heavy atom. The van der Waals surface area contributed by atoms with Gasteiger partial charge in [-0.2, -0.15) is 13.2 Å². The van der Waals surface area contributed by atoms with Crippen LogP contribution in [0.2, 0.25) is 0 Å². The molecule has 8 heteroatoms. The van der Waals surface area contributed by atoms with Crippen molar-refractivity contribution in [1.82, 2.24) is 5.32 Å². The number of rotatable bonds is 8. The molecule has 0 aliphatic heterocycles. The molecular weight excluding hydrogens is 327 g/mol. The zero-order valence-corrected chi connectivity index (χ0v) is 13.4. The first-order valence-electron chi connectivity index (χ1n) is 7.43. The van der Waals surface area contributed by atoms with Crippen molar-refractivity contribution in [2.75, 3.05) is 6.61 Å². The predicted molar refractivity (Wildman–Crippen MR) is 80.7 cm³/mol. The Labute approximate surface area is 137 Å². The summed E-state index contributed by atoms with van der Waals surface area (Å²) in [7, 11) is 0. The second-order valence-corrected chi connectivity index (χ2v) is 5.50. The van der Waals surface area contributed by atoms with Crippen LogP contribution in [0.4, 0.5) is 13.2 Å². The molecule has 1 aromatic carbocycles. The molecule has 1 amide bonds. The van der Waals surface area contributed by atoms with Crippen LogP contribution in [0.15, 0.2) is 24.3 Å². The Hall–Kier alpha value is -2.25. The fourth-order valence-electron chi connectivity index (χ4n) is 2.00. The van der Waals surface area contributed by atoms with Gasteiger partial charge in [0.2, 0.25) is 5.91 Å². The van der Waals surface area contributed by atoms with Gasteiger partial charge in [-0.15, -0.1) is 0 Å². The summed E-state index contributed by atoms with van der Waals surface area (Å²) in [6, 6.07) is 4.69. The SMILES string of the molecule is CC[C@H](C)[C@H](NC(=O)Cc1cccc(OCC(F)(F)F)c1)C(=O)O. The maximum absolute atomic E-state index is 12.1. The number of carbonyl (C=O) groups is 2. The van der Waals surface area contributed by atoms with Crippen LogP contribution in [0.1, 0.15) is 25.8 Å². The van der Waals surface area contributed by atoms with E-state index in [2.05, 4.69) is 10.1 Å². The minimum atomic E-state index is -4.45. The van der Waals surface area contributed by atoms with Crippen LogP contribution in [-0.4, -0.2) is 35.8 Å². The van der Waals surface area contributed by atoms with E-state index < -0.39 is 30.7 Å². The highest BCUT2D eigenvalue weighted by molar-refractivity contribution is 5.85. The van der Waals surface area contributed by atoms with Gasteiger partial charge >= 0.3 is 12.1 Å². The van der Waals surface area contributed by atoms with Crippen LogP contribution in [0.3, 0.4) is 0 Å². The molecule has 1 rings (SSSR count). The van der Waals surface area contributed by atoms with Gasteiger partial charge in [-0.25, -0.2) is 4.79 Å². The van der Waals surface area contributed by atoms with Crippen LogP contribution < -0.4 is 10.1 Å². The van der Waals surface area contributed by atoms with Crippen LogP contribution in [-0.2, 0) is 16.0 Å². The van der Waals surface area contributed by atoms with Crippen LogP contribution >= 0.6 is 0 Å². The third kappa shape index (κ3) is 6.89. The first-order chi connectivity index (χ1) is 11.1. The van der Waals surface area contributed by atoms with E-state index in [0.717, 1.165) is 0 Å². The van der Waals surface area contributed by atoms with Crippen LogP contribution in [0.25, 0.3) is 0 Å². The highest BCUT2D eigenvalue weighted by Crippen LogP contribution is 2.19. The number of hydrogen-bond donors (Lipinski definition) is 2. The zero-order valence-electron chi connectivity index (χ0n) is 13.4. The highest BCUT2D eigenvalue weighted by atomic mass is 19.4. The van der Waals surface area contributed by atoms with Crippen molar-refractivity contribution in [2.45, 2.75) is 38.9 Å². The van der Waals surface area contributed by atoms with Crippen molar-refractivity contribution < 1.29 is 32.6 Å².